The Balaban J connectivity index is 1.51. The molecule has 0 aromatic heterocycles. The normalized spacial score (nSPS) is 38.4. The van der Waals surface area contributed by atoms with Gasteiger partial charge in [-0.2, -0.15) is 0 Å². The number of benzene rings is 1. The van der Waals surface area contributed by atoms with Gasteiger partial charge in [0.2, 0.25) is 0 Å². The van der Waals surface area contributed by atoms with Gasteiger partial charge in [0.15, 0.2) is 0 Å². The van der Waals surface area contributed by atoms with E-state index in [0.717, 1.165) is 49.9 Å². The van der Waals surface area contributed by atoms with Crippen LogP contribution in [0.5, 0.6) is 0 Å². The Labute approximate surface area is 191 Å². The van der Waals surface area contributed by atoms with Crippen LogP contribution in [0.3, 0.4) is 0 Å². The van der Waals surface area contributed by atoms with Gasteiger partial charge in [-0.25, -0.2) is 0 Å². The molecule has 0 bridgehead atoms. The summed E-state index contributed by atoms with van der Waals surface area (Å²) in [5.41, 5.74) is 3.78. The van der Waals surface area contributed by atoms with Gasteiger partial charge in [0.05, 0.1) is 23.2 Å². The van der Waals surface area contributed by atoms with Crippen LogP contribution in [0.15, 0.2) is 52.4 Å². The first-order valence-electron chi connectivity index (χ1n) is 12.1. The molecule has 0 amide bonds. The topological polar surface area (TPSA) is 76.3 Å². The summed E-state index contributed by atoms with van der Waals surface area (Å²) < 4.78 is 0. The molecule has 0 heterocycles. The Bertz CT molecular complexity index is 985. The molecule has 6 unspecified atom stereocenters. The lowest BCUT2D eigenvalue weighted by molar-refractivity contribution is -0.0310. The summed E-state index contributed by atoms with van der Waals surface area (Å²) in [7, 11) is 0. The van der Waals surface area contributed by atoms with Crippen LogP contribution in [0.25, 0.3) is 0 Å². The van der Waals surface area contributed by atoms with Crippen LogP contribution >= 0.6 is 0 Å². The van der Waals surface area contributed by atoms with Gasteiger partial charge in [-0.15, -0.1) is 0 Å². The average Bonchev–Trinajstić information content (AvgIpc) is 3.06. The predicted octanol–water partition coefficient (Wildman–Crippen LogP) is 5.48. The Kier molecular flexibility index (Phi) is 5.25. The highest BCUT2D eigenvalue weighted by Gasteiger charge is 2.59. The van der Waals surface area contributed by atoms with Gasteiger partial charge >= 0.3 is 0 Å². The van der Waals surface area contributed by atoms with Gasteiger partial charge in [0.1, 0.15) is 12.5 Å². The van der Waals surface area contributed by atoms with Crippen LogP contribution in [0.4, 0.5) is 11.4 Å². The molecule has 172 valence electrons. The first-order valence-corrected chi connectivity index (χ1v) is 12.1. The molecule has 2 fully saturated rings. The molecule has 4 aliphatic carbocycles. The van der Waals surface area contributed by atoms with Gasteiger partial charge < -0.3 is 20.2 Å². The number of aliphatic hydroxyl groups excluding tert-OH is 3. The lowest BCUT2D eigenvalue weighted by Crippen LogP contribution is -2.51. The molecule has 6 atom stereocenters. The van der Waals surface area contributed by atoms with Crippen molar-refractivity contribution in [2.75, 3.05) is 11.6 Å². The van der Waals surface area contributed by atoms with Gasteiger partial charge in [-0.3, -0.25) is 4.99 Å². The van der Waals surface area contributed by atoms with E-state index in [1.807, 2.05) is 29.2 Å². The van der Waals surface area contributed by atoms with Crippen molar-refractivity contribution in [1.29, 1.82) is 0 Å². The standard InChI is InChI=1S/C27H36N2O3/c1-26-12-10-18(31)14-17(26)8-9-19-20(26)11-13-27(2)21(19)15-24(32)25(27)29(16-30)23-7-5-4-6-22(23)28-3/h4-8,18-21,30-32H,3,9-16H2,1-2H3. The van der Waals surface area contributed by atoms with E-state index in [1.165, 1.54) is 5.57 Å². The van der Waals surface area contributed by atoms with Crippen LogP contribution in [0.1, 0.15) is 58.8 Å². The summed E-state index contributed by atoms with van der Waals surface area (Å²) in [5, 5.41) is 31.9. The number of para-hydroxylation sites is 2. The van der Waals surface area contributed by atoms with E-state index in [-0.39, 0.29) is 23.7 Å². The number of aliphatic hydroxyl groups is 3. The van der Waals surface area contributed by atoms with E-state index in [0.29, 0.717) is 35.6 Å². The number of allylic oxidation sites excluding steroid dienone is 3. The molecule has 5 nitrogen and oxygen atoms in total. The summed E-state index contributed by atoms with van der Waals surface area (Å²) in [5.74, 6) is 1.84. The van der Waals surface area contributed by atoms with Crippen molar-refractivity contribution in [2.45, 2.75) is 64.9 Å². The fourth-order valence-corrected chi connectivity index (χ4v) is 7.82. The Morgan fingerprint density at radius 2 is 1.84 bits per heavy atom. The minimum Gasteiger partial charge on any atom is -0.510 e. The molecule has 0 spiro atoms. The molecule has 4 aliphatic rings. The largest absolute Gasteiger partial charge is 0.510 e. The molecular formula is C27H36N2O3. The Hall–Kier alpha value is -2.11. The van der Waals surface area contributed by atoms with Gasteiger partial charge in [0.25, 0.3) is 0 Å². The second-order valence-corrected chi connectivity index (χ2v) is 10.8. The Morgan fingerprint density at radius 1 is 1.09 bits per heavy atom. The highest BCUT2D eigenvalue weighted by atomic mass is 16.3. The van der Waals surface area contributed by atoms with Crippen LogP contribution in [-0.4, -0.2) is 34.9 Å². The van der Waals surface area contributed by atoms with E-state index in [1.54, 1.807) is 0 Å². The average molecular weight is 437 g/mol. The lowest BCUT2D eigenvalue weighted by atomic mass is 9.47. The quantitative estimate of drug-likeness (QED) is 0.332. The maximum Gasteiger partial charge on any atom is 0.120 e. The molecule has 32 heavy (non-hydrogen) atoms. The summed E-state index contributed by atoms with van der Waals surface area (Å²) in [6, 6.07) is 7.67. The molecule has 3 N–H and O–H groups in total. The van der Waals surface area contributed by atoms with Crippen molar-refractivity contribution < 1.29 is 15.3 Å². The molecule has 0 aliphatic heterocycles. The maximum atomic E-state index is 11.3. The summed E-state index contributed by atoms with van der Waals surface area (Å²) in [6.45, 7) is 8.19. The van der Waals surface area contributed by atoms with Crippen LogP contribution < -0.4 is 4.90 Å². The number of hydrogen-bond donors (Lipinski definition) is 3. The minimum atomic E-state index is -0.206. The van der Waals surface area contributed by atoms with Crippen molar-refractivity contribution in [3.63, 3.8) is 0 Å². The third kappa shape index (κ3) is 3.01. The van der Waals surface area contributed by atoms with Crippen LogP contribution in [0, 0.1) is 28.6 Å². The molecule has 0 radical (unpaired) electrons. The summed E-state index contributed by atoms with van der Waals surface area (Å²) in [4.78, 5) is 6.00. The fourth-order valence-electron chi connectivity index (χ4n) is 7.82. The molecule has 5 heteroatoms. The monoisotopic (exact) mass is 436 g/mol. The summed E-state index contributed by atoms with van der Waals surface area (Å²) >= 11 is 0. The highest BCUT2D eigenvalue weighted by molar-refractivity contribution is 5.72. The molecular weight excluding hydrogens is 400 g/mol. The molecule has 0 saturated heterocycles. The van der Waals surface area contributed by atoms with Crippen molar-refractivity contribution in [2.24, 2.45) is 33.6 Å². The van der Waals surface area contributed by atoms with E-state index in [4.69, 9.17) is 0 Å². The minimum absolute atomic E-state index is 0.165. The smallest absolute Gasteiger partial charge is 0.120 e. The maximum absolute atomic E-state index is 11.3. The first kappa shape index (κ1) is 21.7. The fraction of sp³-hybridized carbons (Fsp3) is 0.593. The molecule has 2 saturated carbocycles. The number of rotatable bonds is 4. The van der Waals surface area contributed by atoms with Crippen LogP contribution in [-0.2, 0) is 0 Å². The van der Waals surface area contributed by atoms with Crippen molar-refractivity contribution in [1.82, 2.24) is 0 Å². The van der Waals surface area contributed by atoms with E-state index in [9.17, 15) is 15.3 Å². The van der Waals surface area contributed by atoms with Crippen molar-refractivity contribution in [3.8, 4) is 0 Å². The number of anilines is 1. The van der Waals surface area contributed by atoms with Crippen molar-refractivity contribution >= 4 is 18.1 Å². The second kappa shape index (κ2) is 7.74. The highest BCUT2D eigenvalue weighted by Crippen LogP contribution is 2.66. The molecule has 5 rings (SSSR count). The molecule has 1 aromatic carbocycles. The number of nitrogens with zero attached hydrogens (tertiary/aromatic N) is 2. The number of hydrogen-bond acceptors (Lipinski definition) is 5. The first-order chi connectivity index (χ1) is 15.3. The number of aliphatic imine (C=N–C) groups is 1. The zero-order chi connectivity index (χ0) is 22.7. The van der Waals surface area contributed by atoms with Crippen LogP contribution in [0.2, 0.25) is 0 Å². The third-order valence-electron chi connectivity index (χ3n) is 9.45. The van der Waals surface area contributed by atoms with E-state index < -0.39 is 0 Å². The van der Waals surface area contributed by atoms with Gasteiger partial charge in [-0.1, -0.05) is 37.6 Å². The molecule has 1 aromatic rings. The van der Waals surface area contributed by atoms with Crippen molar-refractivity contribution in [3.05, 3.63) is 47.4 Å². The van der Waals surface area contributed by atoms with E-state index >= 15 is 0 Å². The zero-order valence-electron chi connectivity index (χ0n) is 19.3. The lowest BCUT2D eigenvalue weighted by Gasteiger charge is -2.57. The summed E-state index contributed by atoms with van der Waals surface area (Å²) in [6.07, 6.45) is 8.76. The Morgan fingerprint density at radius 3 is 2.59 bits per heavy atom. The zero-order valence-corrected chi connectivity index (χ0v) is 19.3. The number of fused-ring (bicyclic) bond motifs is 5. The van der Waals surface area contributed by atoms with Gasteiger partial charge in [0, 0.05) is 11.8 Å². The SMILES string of the molecule is C=Nc1ccccc1N(CO)C1=C(O)CC2C3CC=C4CC(O)CCC4(C)C3CCC12C. The second-order valence-electron chi connectivity index (χ2n) is 10.8. The van der Waals surface area contributed by atoms with Gasteiger partial charge in [-0.05, 0) is 80.5 Å². The third-order valence-corrected chi connectivity index (χ3v) is 9.45. The predicted molar refractivity (Wildman–Crippen MR) is 128 cm³/mol. The van der Waals surface area contributed by atoms with E-state index in [2.05, 4.69) is 31.6 Å².